The van der Waals surface area contributed by atoms with Crippen LogP contribution in [0, 0.1) is 5.82 Å². The number of Topliss-reactive ketones (excluding diaryl/α,β-unsaturated/α-hetero) is 1. The second kappa shape index (κ2) is 4.95. The van der Waals surface area contributed by atoms with Gasteiger partial charge in [0.2, 0.25) is 0 Å². The average molecular weight is 249 g/mol. The first-order valence-corrected chi connectivity index (χ1v) is 5.34. The van der Waals surface area contributed by atoms with Crippen molar-refractivity contribution in [2.75, 3.05) is 0 Å². The van der Waals surface area contributed by atoms with E-state index in [1.807, 2.05) is 0 Å². The van der Waals surface area contributed by atoms with Gasteiger partial charge >= 0.3 is 0 Å². The van der Waals surface area contributed by atoms with Crippen LogP contribution in [-0.2, 0) is 13.7 Å². The molecule has 1 aromatic heterocycles. The molecule has 0 bridgehead atoms. The lowest BCUT2D eigenvalue weighted by molar-refractivity contribution is 0.101. The zero-order valence-electron chi connectivity index (χ0n) is 10.1. The number of rotatable bonds is 4. The lowest BCUT2D eigenvalue weighted by Crippen LogP contribution is -2.06. The third-order valence-corrected chi connectivity index (χ3v) is 2.48. The molecule has 1 heterocycles. The van der Waals surface area contributed by atoms with Crippen molar-refractivity contribution in [3.05, 3.63) is 41.7 Å². The van der Waals surface area contributed by atoms with Gasteiger partial charge in [0, 0.05) is 13.1 Å². The van der Waals surface area contributed by atoms with Gasteiger partial charge in [-0.1, -0.05) is 0 Å². The van der Waals surface area contributed by atoms with Crippen molar-refractivity contribution in [3.63, 3.8) is 0 Å². The molecule has 0 aliphatic heterocycles. The van der Waals surface area contributed by atoms with Gasteiger partial charge in [-0.2, -0.15) is 0 Å². The van der Waals surface area contributed by atoms with E-state index in [0.29, 0.717) is 11.4 Å². The van der Waals surface area contributed by atoms with E-state index in [1.165, 1.54) is 31.5 Å². The average Bonchev–Trinajstić information content (AvgIpc) is 2.72. The third kappa shape index (κ3) is 2.53. The van der Waals surface area contributed by atoms with E-state index in [2.05, 4.69) is 10.2 Å². The van der Waals surface area contributed by atoms with Crippen molar-refractivity contribution >= 4 is 5.78 Å². The van der Waals surface area contributed by atoms with E-state index in [1.54, 1.807) is 11.6 Å². The Hall–Kier alpha value is -2.24. The molecule has 0 spiro atoms. The van der Waals surface area contributed by atoms with Crippen LogP contribution < -0.4 is 4.74 Å². The first kappa shape index (κ1) is 12.2. The van der Waals surface area contributed by atoms with E-state index in [9.17, 15) is 9.18 Å². The molecule has 2 aromatic rings. The van der Waals surface area contributed by atoms with Crippen LogP contribution in [0.3, 0.4) is 0 Å². The molecular weight excluding hydrogens is 237 g/mol. The summed E-state index contributed by atoms with van der Waals surface area (Å²) in [4.78, 5) is 11.4. The number of carbonyl (C=O) groups excluding carboxylic acids is 1. The van der Waals surface area contributed by atoms with Crippen molar-refractivity contribution in [2.45, 2.75) is 13.5 Å². The van der Waals surface area contributed by atoms with Gasteiger partial charge < -0.3 is 9.30 Å². The van der Waals surface area contributed by atoms with Crippen LogP contribution in [0.5, 0.6) is 5.75 Å². The summed E-state index contributed by atoms with van der Waals surface area (Å²) in [5.41, 5.74) is 0.346. The number of aryl methyl sites for hydroxylation is 1. The SMILES string of the molecule is CC(=O)c1ccc(F)cc1OCc1nncn1C. The number of aromatic nitrogens is 3. The Morgan fingerprint density at radius 1 is 1.50 bits per heavy atom. The molecule has 0 N–H and O–H groups in total. The second-order valence-corrected chi connectivity index (χ2v) is 3.84. The first-order valence-electron chi connectivity index (χ1n) is 5.34. The molecular formula is C12H12FN3O2. The Morgan fingerprint density at radius 3 is 2.89 bits per heavy atom. The summed E-state index contributed by atoms with van der Waals surface area (Å²) >= 11 is 0. The maximum Gasteiger partial charge on any atom is 0.170 e. The molecule has 0 saturated heterocycles. The van der Waals surface area contributed by atoms with Crippen LogP contribution >= 0.6 is 0 Å². The van der Waals surface area contributed by atoms with E-state index in [4.69, 9.17) is 4.74 Å². The zero-order chi connectivity index (χ0) is 13.1. The first-order chi connectivity index (χ1) is 8.58. The Bertz CT molecular complexity index is 580. The highest BCUT2D eigenvalue weighted by Gasteiger charge is 2.11. The highest BCUT2D eigenvalue weighted by atomic mass is 19.1. The molecule has 0 fully saturated rings. The van der Waals surface area contributed by atoms with Crippen molar-refractivity contribution in [3.8, 4) is 5.75 Å². The topological polar surface area (TPSA) is 57.0 Å². The highest BCUT2D eigenvalue weighted by molar-refractivity contribution is 5.96. The minimum atomic E-state index is -0.451. The normalized spacial score (nSPS) is 10.4. The minimum absolute atomic E-state index is 0.125. The summed E-state index contributed by atoms with van der Waals surface area (Å²) in [6.45, 7) is 1.53. The van der Waals surface area contributed by atoms with Crippen LogP contribution in [0.25, 0.3) is 0 Å². The maximum absolute atomic E-state index is 13.1. The molecule has 5 nitrogen and oxygen atoms in total. The molecule has 6 heteroatoms. The fourth-order valence-corrected chi connectivity index (χ4v) is 1.49. The summed E-state index contributed by atoms with van der Waals surface area (Å²) in [5.74, 6) is 0.176. The van der Waals surface area contributed by atoms with Crippen LogP contribution in [0.4, 0.5) is 4.39 Å². The largest absolute Gasteiger partial charge is 0.485 e. The van der Waals surface area contributed by atoms with Gasteiger partial charge in [0.25, 0.3) is 0 Å². The zero-order valence-corrected chi connectivity index (χ0v) is 10.1. The van der Waals surface area contributed by atoms with E-state index in [0.717, 1.165) is 0 Å². The van der Waals surface area contributed by atoms with Crippen LogP contribution in [0.1, 0.15) is 23.1 Å². The van der Waals surface area contributed by atoms with Gasteiger partial charge in [0.1, 0.15) is 24.5 Å². The van der Waals surface area contributed by atoms with Gasteiger partial charge in [-0.05, 0) is 19.1 Å². The molecule has 18 heavy (non-hydrogen) atoms. The number of ketones is 1. The molecule has 0 aliphatic carbocycles. The Kier molecular flexibility index (Phi) is 3.36. The Balaban J connectivity index is 2.20. The molecule has 0 saturated carbocycles. The standard InChI is InChI=1S/C12H12FN3O2/c1-8(17)10-4-3-9(13)5-11(10)18-6-12-15-14-7-16(12)2/h3-5,7H,6H2,1-2H3. The van der Waals surface area contributed by atoms with E-state index in [-0.39, 0.29) is 18.1 Å². The highest BCUT2D eigenvalue weighted by Crippen LogP contribution is 2.21. The summed E-state index contributed by atoms with van der Waals surface area (Å²) in [6, 6.07) is 3.82. The molecule has 0 aliphatic rings. The molecule has 0 amide bonds. The third-order valence-electron chi connectivity index (χ3n) is 2.48. The van der Waals surface area contributed by atoms with Crippen molar-refractivity contribution < 1.29 is 13.9 Å². The summed E-state index contributed by atoms with van der Waals surface area (Å²) in [7, 11) is 1.77. The van der Waals surface area contributed by atoms with Crippen LogP contribution in [0.15, 0.2) is 24.5 Å². The van der Waals surface area contributed by atoms with Crippen molar-refractivity contribution in [1.29, 1.82) is 0 Å². The van der Waals surface area contributed by atoms with Gasteiger partial charge in [0.15, 0.2) is 11.6 Å². The smallest absolute Gasteiger partial charge is 0.170 e. The predicted octanol–water partition coefficient (Wildman–Crippen LogP) is 1.74. The second-order valence-electron chi connectivity index (χ2n) is 3.84. The summed E-state index contributed by atoms with van der Waals surface area (Å²) in [6.07, 6.45) is 1.54. The molecule has 1 aromatic carbocycles. The van der Waals surface area contributed by atoms with E-state index >= 15 is 0 Å². The molecule has 0 unspecified atom stereocenters. The van der Waals surface area contributed by atoms with Crippen molar-refractivity contribution in [1.82, 2.24) is 14.8 Å². The summed E-state index contributed by atoms with van der Waals surface area (Å²) in [5, 5.41) is 7.54. The number of hydrogen-bond acceptors (Lipinski definition) is 4. The fourth-order valence-electron chi connectivity index (χ4n) is 1.49. The van der Waals surface area contributed by atoms with Crippen molar-refractivity contribution in [2.24, 2.45) is 7.05 Å². The number of halogens is 1. The summed E-state index contributed by atoms with van der Waals surface area (Å²) < 4.78 is 20.2. The maximum atomic E-state index is 13.1. The lowest BCUT2D eigenvalue weighted by atomic mass is 10.1. The fraction of sp³-hybridized carbons (Fsp3) is 0.250. The molecule has 0 radical (unpaired) electrons. The number of benzene rings is 1. The Morgan fingerprint density at radius 2 is 2.28 bits per heavy atom. The molecule has 0 atom stereocenters. The van der Waals surface area contributed by atoms with Gasteiger partial charge in [-0.25, -0.2) is 4.39 Å². The van der Waals surface area contributed by atoms with E-state index < -0.39 is 5.82 Å². The number of ether oxygens (including phenoxy) is 1. The number of carbonyl (C=O) groups is 1. The quantitative estimate of drug-likeness (QED) is 0.774. The van der Waals surface area contributed by atoms with Gasteiger partial charge in [0.05, 0.1) is 5.56 Å². The lowest BCUT2D eigenvalue weighted by Gasteiger charge is -2.09. The van der Waals surface area contributed by atoms with Crippen LogP contribution in [0.2, 0.25) is 0 Å². The monoisotopic (exact) mass is 249 g/mol. The van der Waals surface area contributed by atoms with Crippen LogP contribution in [-0.4, -0.2) is 20.5 Å². The Labute approximate surface area is 103 Å². The molecule has 94 valence electrons. The minimum Gasteiger partial charge on any atom is -0.485 e. The predicted molar refractivity (Wildman–Crippen MR) is 61.7 cm³/mol. The number of hydrogen-bond donors (Lipinski definition) is 0. The van der Waals surface area contributed by atoms with Gasteiger partial charge in [-0.3, -0.25) is 4.79 Å². The number of nitrogens with zero attached hydrogens (tertiary/aromatic N) is 3. The van der Waals surface area contributed by atoms with Gasteiger partial charge in [-0.15, -0.1) is 10.2 Å². The molecule has 2 rings (SSSR count).